The number of nitrogens with zero attached hydrogens (tertiary/aromatic N) is 2. The van der Waals surface area contributed by atoms with Crippen LogP contribution in [0.15, 0.2) is 84.9 Å². The lowest BCUT2D eigenvalue weighted by atomic mass is 9.73. The van der Waals surface area contributed by atoms with E-state index in [0.717, 1.165) is 5.56 Å². The third kappa shape index (κ3) is 4.01. The van der Waals surface area contributed by atoms with Gasteiger partial charge in [-0.25, -0.2) is 0 Å². The summed E-state index contributed by atoms with van der Waals surface area (Å²) in [5.74, 6) is -0.784. The van der Waals surface area contributed by atoms with Gasteiger partial charge < -0.3 is 5.32 Å². The summed E-state index contributed by atoms with van der Waals surface area (Å²) in [4.78, 5) is 29.6. The summed E-state index contributed by atoms with van der Waals surface area (Å²) >= 11 is 0. The third-order valence-electron chi connectivity index (χ3n) is 5.99. The third-order valence-corrected chi connectivity index (χ3v) is 5.99. The average Bonchev–Trinajstić information content (AvgIpc) is 3.13. The predicted molar refractivity (Wildman–Crippen MR) is 128 cm³/mol. The first-order chi connectivity index (χ1) is 15.8. The van der Waals surface area contributed by atoms with Gasteiger partial charge in [0, 0.05) is 23.6 Å². The number of benzene rings is 3. The number of para-hydroxylation sites is 1. The minimum absolute atomic E-state index is 0.122. The zero-order valence-electron chi connectivity index (χ0n) is 19.1. The number of hydrogen-bond acceptors (Lipinski definition) is 3. The Balaban J connectivity index is 2.04. The van der Waals surface area contributed by atoms with Crippen LogP contribution in [-0.4, -0.2) is 17.4 Å². The molecule has 0 saturated carbocycles. The Morgan fingerprint density at radius 2 is 1.55 bits per heavy atom. The molecule has 0 bridgehead atoms. The van der Waals surface area contributed by atoms with Crippen LogP contribution in [0.3, 0.4) is 0 Å². The van der Waals surface area contributed by atoms with Gasteiger partial charge in [0.05, 0.1) is 11.6 Å². The van der Waals surface area contributed by atoms with E-state index < -0.39 is 17.0 Å². The molecule has 1 aliphatic rings. The minimum Gasteiger partial charge on any atom is -0.349 e. The number of rotatable bonds is 4. The summed E-state index contributed by atoms with van der Waals surface area (Å²) in [5.41, 5.74) is 0.920. The number of carbonyl (C=O) groups is 2. The molecule has 0 unspecified atom stereocenters. The van der Waals surface area contributed by atoms with E-state index in [0.29, 0.717) is 16.8 Å². The zero-order chi connectivity index (χ0) is 23.6. The van der Waals surface area contributed by atoms with Crippen molar-refractivity contribution in [3.63, 3.8) is 0 Å². The number of nitriles is 1. The number of nitrogens with one attached hydrogen (secondary N) is 1. The fourth-order valence-electron chi connectivity index (χ4n) is 4.69. The van der Waals surface area contributed by atoms with Gasteiger partial charge in [0.15, 0.2) is 5.54 Å². The fourth-order valence-corrected chi connectivity index (χ4v) is 4.69. The monoisotopic (exact) mass is 437 g/mol. The van der Waals surface area contributed by atoms with Crippen LogP contribution >= 0.6 is 0 Å². The number of anilines is 1. The second-order valence-electron chi connectivity index (χ2n) is 9.39. The van der Waals surface area contributed by atoms with Gasteiger partial charge >= 0.3 is 0 Å². The van der Waals surface area contributed by atoms with Gasteiger partial charge in [-0.05, 0) is 56.2 Å². The minimum atomic E-state index is -1.32. The number of amides is 2. The van der Waals surface area contributed by atoms with Crippen molar-refractivity contribution >= 4 is 17.5 Å². The molecule has 1 N–H and O–H groups in total. The maximum absolute atomic E-state index is 14.3. The van der Waals surface area contributed by atoms with Crippen LogP contribution in [0.1, 0.15) is 49.8 Å². The highest BCUT2D eigenvalue weighted by Gasteiger charge is 2.60. The average molecular weight is 438 g/mol. The standard InChI is InChI=1S/C28H27N3O2/c1-27(2,3)30-26(33)28(22-16-14-20(19-29)15-17-22)24(21-10-6-4-7-11-21)18-25(32)31(28)23-12-8-5-9-13-23/h4-17,24H,18H2,1-3H3,(H,30,33)/t24-,28+/m0/s1. The van der Waals surface area contributed by atoms with Crippen LogP contribution in [-0.2, 0) is 15.1 Å². The Labute approximate surface area is 194 Å². The normalized spacial score (nSPS) is 20.4. The molecule has 33 heavy (non-hydrogen) atoms. The van der Waals surface area contributed by atoms with Gasteiger partial charge in [-0.15, -0.1) is 0 Å². The van der Waals surface area contributed by atoms with Crippen LogP contribution < -0.4 is 10.2 Å². The molecule has 1 saturated heterocycles. The first-order valence-electron chi connectivity index (χ1n) is 11.0. The van der Waals surface area contributed by atoms with Gasteiger partial charge in [-0.3, -0.25) is 14.5 Å². The second-order valence-corrected chi connectivity index (χ2v) is 9.39. The lowest BCUT2D eigenvalue weighted by molar-refractivity contribution is -0.129. The van der Waals surface area contributed by atoms with Gasteiger partial charge in [0.2, 0.25) is 5.91 Å². The van der Waals surface area contributed by atoms with E-state index in [4.69, 9.17) is 0 Å². The van der Waals surface area contributed by atoms with Crippen molar-refractivity contribution in [3.8, 4) is 6.07 Å². The van der Waals surface area contributed by atoms with Crippen LogP contribution in [0.25, 0.3) is 0 Å². The van der Waals surface area contributed by atoms with E-state index in [2.05, 4.69) is 11.4 Å². The summed E-state index contributed by atoms with van der Waals surface area (Å²) in [7, 11) is 0. The Hall–Kier alpha value is -3.91. The van der Waals surface area contributed by atoms with Crippen LogP contribution in [0.4, 0.5) is 5.69 Å². The first kappa shape index (κ1) is 22.3. The molecular weight excluding hydrogens is 410 g/mol. The Bertz CT molecular complexity index is 1190. The van der Waals surface area contributed by atoms with Crippen molar-refractivity contribution in [2.75, 3.05) is 4.90 Å². The lowest BCUT2D eigenvalue weighted by Gasteiger charge is -2.43. The topological polar surface area (TPSA) is 73.2 Å². The molecule has 2 amide bonds. The first-order valence-corrected chi connectivity index (χ1v) is 11.0. The van der Waals surface area contributed by atoms with Gasteiger partial charge in [-0.1, -0.05) is 60.7 Å². The van der Waals surface area contributed by atoms with Gasteiger partial charge in [0.1, 0.15) is 0 Å². The Kier molecular flexibility index (Phi) is 5.78. The van der Waals surface area contributed by atoms with Crippen molar-refractivity contribution in [2.24, 2.45) is 0 Å². The molecule has 166 valence electrons. The van der Waals surface area contributed by atoms with Crippen molar-refractivity contribution in [1.29, 1.82) is 5.26 Å². The molecular formula is C28H27N3O2. The molecule has 5 nitrogen and oxygen atoms in total. The molecule has 5 heteroatoms. The van der Waals surface area contributed by atoms with Crippen molar-refractivity contribution in [2.45, 2.75) is 44.2 Å². The van der Waals surface area contributed by atoms with Crippen molar-refractivity contribution < 1.29 is 9.59 Å². The highest BCUT2D eigenvalue weighted by molar-refractivity contribution is 6.09. The molecule has 0 aliphatic carbocycles. The fraction of sp³-hybridized carbons (Fsp3) is 0.250. The molecule has 3 aromatic carbocycles. The van der Waals surface area contributed by atoms with Crippen LogP contribution in [0.2, 0.25) is 0 Å². The second kappa shape index (κ2) is 8.55. The zero-order valence-corrected chi connectivity index (χ0v) is 19.1. The lowest BCUT2D eigenvalue weighted by Crippen LogP contribution is -2.60. The van der Waals surface area contributed by atoms with E-state index in [1.165, 1.54) is 0 Å². The van der Waals surface area contributed by atoms with E-state index in [1.807, 2.05) is 81.4 Å². The van der Waals surface area contributed by atoms with E-state index in [1.54, 1.807) is 29.2 Å². The Morgan fingerprint density at radius 3 is 2.09 bits per heavy atom. The molecule has 1 aliphatic heterocycles. The van der Waals surface area contributed by atoms with Gasteiger partial charge in [-0.2, -0.15) is 5.26 Å². The largest absolute Gasteiger partial charge is 0.349 e. The molecule has 2 atom stereocenters. The van der Waals surface area contributed by atoms with Gasteiger partial charge in [0.25, 0.3) is 5.91 Å². The van der Waals surface area contributed by atoms with Crippen molar-refractivity contribution in [3.05, 3.63) is 102 Å². The molecule has 0 radical (unpaired) electrons. The van der Waals surface area contributed by atoms with Crippen LogP contribution in [0, 0.1) is 11.3 Å². The van der Waals surface area contributed by atoms with E-state index >= 15 is 0 Å². The van der Waals surface area contributed by atoms with E-state index in [9.17, 15) is 14.9 Å². The summed E-state index contributed by atoms with van der Waals surface area (Å²) in [6.07, 6.45) is 0.191. The van der Waals surface area contributed by atoms with E-state index in [-0.39, 0.29) is 18.2 Å². The molecule has 0 spiro atoms. The summed E-state index contributed by atoms with van der Waals surface area (Å²) in [5, 5.41) is 12.5. The quantitative estimate of drug-likeness (QED) is 0.632. The molecule has 1 heterocycles. The maximum Gasteiger partial charge on any atom is 0.252 e. The van der Waals surface area contributed by atoms with Crippen molar-refractivity contribution in [1.82, 2.24) is 5.32 Å². The smallest absolute Gasteiger partial charge is 0.252 e. The molecule has 3 aromatic rings. The number of carbonyl (C=O) groups excluding carboxylic acids is 2. The summed E-state index contributed by atoms with van der Waals surface area (Å²) in [6.45, 7) is 5.79. The Morgan fingerprint density at radius 1 is 0.970 bits per heavy atom. The highest BCUT2D eigenvalue weighted by Crippen LogP contribution is 2.52. The SMILES string of the molecule is CC(C)(C)NC(=O)[C@@]1(c2ccc(C#N)cc2)[C@H](c2ccccc2)CC(=O)N1c1ccccc1. The van der Waals surface area contributed by atoms with Crippen LogP contribution in [0.5, 0.6) is 0 Å². The molecule has 1 fully saturated rings. The number of hydrogen-bond donors (Lipinski definition) is 1. The predicted octanol–water partition coefficient (Wildman–Crippen LogP) is 4.89. The summed E-state index contributed by atoms with van der Waals surface area (Å²) in [6, 6.07) is 28.2. The molecule has 0 aromatic heterocycles. The molecule has 4 rings (SSSR count). The maximum atomic E-state index is 14.3. The summed E-state index contributed by atoms with van der Waals surface area (Å²) < 4.78 is 0. The highest BCUT2D eigenvalue weighted by atomic mass is 16.2.